The average molecular weight is 417 g/mol. The summed E-state index contributed by atoms with van der Waals surface area (Å²) in [5.74, 6) is 0.0170. The van der Waals surface area contributed by atoms with Crippen LogP contribution in [0.25, 0.3) is 0 Å². The molecule has 0 aliphatic rings. The van der Waals surface area contributed by atoms with Crippen LogP contribution in [0.3, 0.4) is 0 Å². The summed E-state index contributed by atoms with van der Waals surface area (Å²) in [5.41, 5.74) is 0.249. The van der Waals surface area contributed by atoms with Gasteiger partial charge in [-0.15, -0.1) is 0 Å². The van der Waals surface area contributed by atoms with Gasteiger partial charge >= 0.3 is 51.4 Å². The maximum Gasteiger partial charge on any atom is 1.00 e. The largest absolute Gasteiger partial charge is 1.00 e. The molecule has 2 aromatic rings. The normalized spacial score (nSPS) is 11.0. The molecule has 0 amide bonds. The van der Waals surface area contributed by atoms with Gasteiger partial charge in [-0.3, -0.25) is 4.55 Å². The van der Waals surface area contributed by atoms with Crippen LogP contribution >= 0.6 is 0 Å². The van der Waals surface area contributed by atoms with Crippen LogP contribution in [0.1, 0.15) is 51.0 Å². The van der Waals surface area contributed by atoms with E-state index in [1.807, 2.05) is 6.07 Å². The van der Waals surface area contributed by atoms with Gasteiger partial charge in [-0.05, 0) is 31.0 Å². The van der Waals surface area contributed by atoms with Crippen molar-refractivity contribution in [2.75, 3.05) is 0 Å². The van der Waals surface area contributed by atoms with Crippen molar-refractivity contribution in [2.24, 2.45) is 0 Å². The van der Waals surface area contributed by atoms with Crippen LogP contribution in [0.5, 0.6) is 17.2 Å². The molecular weight excluding hydrogens is 391 g/mol. The van der Waals surface area contributed by atoms with Gasteiger partial charge in [0.25, 0.3) is 10.1 Å². The summed E-state index contributed by atoms with van der Waals surface area (Å²) in [6, 6.07) is 11.0. The van der Waals surface area contributed by atoms with Crippen LogP contribution < -0.4 is 61.2 Å². The Morgan fingerprint density at radius 2 is 1.59 bits per heavy atom. The molecule has 0 aliphatic carbocycles. The van der Waals surface area contributed by atoms with Crippen molar-refractivity contribution < 1.29 is 74.2 Å². The third-order valence-electron chi connectivity index (χ3n) is 4.20. The molecule has 7 heteroatoms. The van der Waals surface area contributed by atoms with E-state index in [1.165, 1.54) is 6.42 Å². The predicted molar refractivity (Wildman–Crippen MR) is 99.3 cm³/mol. The SMILES string of the molecule is CCCCCCCCc1c(S(=O)(=O)O)ccc([O-])c1Oc1ccccc1.[K+]. The van der Waals surface area contributed by atoms with E-state index < -0.39 is 15.9 Å². The predicted octanol–water partition coefficient (Wildman–Crippen LogP) is 1.71. The zero-order chi connectivity index (χ0) is 19.0. The maximum absolute atomic E-state index is 12.3. The minimum absolute atomic E-state index is 0. The zero-order valence-corrected chi connectivity index (χ0v) is 19.9. The summed E-state index contributed by atoms with van der Waals surface area (Å²) in [6.07, 6.45) is 6.53. The third kappa shape index (κ3) is 7.85. The second kappa shape index (κ2) is 12.2. The van der Waals surface area contributed by atoms with Crippen LogP contribution in [0.15, 0.2) is 47.4 Å². The molecule has 0 saturated heterocycles. The van der Waals surface area contributed by atoms with Gasteiger partial charge in [0.05, 0.1) is 0 Å². The molecule has 0 unspecified atom stereocenters. The van der Waals surface area contributed by atoms with Gasteiger partial charge in [-0.1, -0.05) is 69.0 Å². The van der Waals surface area contributed by atoms with E-state index in [-0.39, 0.29) is 67.6 Å². The van der Waals surface area contributed by atoms with Gasteiger partial charge in [-0.2, -0.15) is 8.42 Å². The van der Waals surface area contributed by atoms with Gasteiger partial charge in [0.15, 0.2) is 0 Å². The van der Waals surface area contributed by atoms with Crippen molar-refractivity contribution in [1.82, 2.24) is 0 Å². The third-order valence-corrected chi connectivity index (χ3v) is 5.14. The van der Waals surface area contributed by atoms with E-state index in [9.17, 15) is 18.1 Å². The first-order valence-corrected chi connectivity index (χ1v) is 10.4. The van der Waals surface area contributed by atoms with E-state index >= 15 is 0 Å². The summed E-state index contributed by atoms with van der Waals surface area (Å²) in [5, 5.41) is 12.3. The van der Waals surface area contributed by atoms with Crippen molar-refractivity contribution in [3.63, 3.8) is 0 Å². The van der Waals surface area contributed by atoms with E-state index in [0.29, 0.717) is 12.2 Å². The number of benzene rings is 2. The maximum atomic E-state index is 12.3. The fourth-order valence-electron chi connectivity index (χ4n) is 2.87. The molecule has 0 bridgehead atoms. The molecule has 2 rings (SSSR count). The van der Waals surface area contributed by atoms with Crippen molar-refractivity contribution in [1.29, 1.82) is 0 Å². The topological polar surface area (TPSA) is 86.7 Å². The molecule has 5 nitrogen and oxygen atoms in total. The second-order valence-corrected chi connectivity index (χ2v) is 7.67. The van der Waals surface area contributed by atoms with E-state index in [2.05, 4.69) is 6.92 Å². The number of hydrogen-bond donors (Lipinski definition) is 1. The Morgan fingerprint density at radius 1 is 0.963 bits per heavy atom. The summed E-state index contributed by atoms with van der Waals surface area (Å²) >= 11 is 0. The first-order chi connectivity index (χ1) is 12.4. The molecule has 0 heterocycles. The Labute approximate surface area is 204 Å². The number of rotatable bonds is 10. The van der Waals surface area contributed by atoms with Crippen molar-refractivity contribution in [3.05, 3.63) is 48.0 Å². The van der Waals surface area contributed by atoms with Crippen LogP contribution in [0, 0.1) is 0 Å². The number of hydrogen-bond acceptors (Lipinski definition) is 4. The molecule has 0 radical (unpaired) electrons. The first kappa shape index (κ1) is 24.6. The fourth-order valence-corrected chi connectivity index (χ4v) is 3.61. The molecule has 27 heavy (non-hydrogen) atoms. The Balaban J connectivity index is 0.00000364. The van der Waals surface area contributed by atoms with Crippen LogP contribution in [0.2, 0.25) is 0 Å². The molecule has 0 saturated carbocycles. The smallest absolute Gasteiger partial charge is 0.870 e. The standard InChI is InChI=1S/C20H26O5S.K/c1-2-3-4-5-6-10-13-17-19(26(22,23)24)15-14-18(21)20(17)25-16-11-8-7-9-12-16;/h7-9,11-12,14-15,21H,2-6,10,13H2,1H3,(H,22,23,24);/q;+1/p-1. The molecule has 0 atom stereocenters. The number of unbranched alkanes of at least 4 members (excludes halogenated alkanes) is 5. The molecular formula is C20H25KO5S. The summed E-state index contributed by atoms with van der Waals surface area (Å²) < 4.78 is 38.7. The zero-order valence-electron chi connectivity index (χ0n) is 16.0. The molecule has 2 aromatic carbocycles. The van der Waals surface area contributed by atoms with Gasteiger partial charge in [-0.25, -0.2) is 0 Å². The summed E-state index contributed by atoms with van der Waals surface area (Å²) in [6.45, 7) is 2.14. The minimum atomic E-state index is -4.44. The van der Waals surface area contributed by atoms with E-state index in [4.69, 9.17) is 4.74 Å². The Hall–Kier alpha value is -0.414. The second-order valence-electron chi connectivity index (χ2n) is 6.28. The number of para-hydroxylation sites is 1. The molecule has 1 N–H and O–H groups in total. The molecule has 0 aliphatic heterocycles. The molecule has 142 valence electrons. The van der Waals surface area contributed by atoms with Gasteiger partial charge in [0.2, 0.25) is 0 Å². The van der Waals surface area contributed by atoms with E-state index in [0.717, 1.165) is 44.2 Å². The van der Waals surface area contributed by atoms with Crippen molar-refractivity contribution in [3.8, 4) is 17.2 Å². The fraction of sp³-hybridized carbons (Fsp3) is 0.400. The Morgan fingerprint density at radius 3 is 2.22 bits per heavy atom. The van der Waals surface area contributed by atoms with Crippen molar-refractivity contribution in [2.45, 2.75) is 56.8 Å². The van der Waals surface area contributed by atoms with Gasteiger partial charge in [0, 0.05) is 5.56 Å². The summed E-state index contributed by atoms with van der Waals surface area (Å²) in [7, 11) is -4.44. The monoisotopic (exact) mass is 416 g/mol. The van der Waals surface area contributed by atoms with Crippen LogP contribution in [-0.4, -0.2) is 13.0 Å². The number of ether oxygens (including phenoxy) is 1. The van der Waals surface area contributed by atoms with E-state index in [1.54, 1.807) is 24.3 Å². The molecule has 0 aromatic heterocycles. The first-order valence-electron chi connectivity index (χ1n) is 8.96. The minimum Gasteiger partial charge on any atom is -0.870 e. The van der Waals surface area contributed by atoms with Crippen LogP contribution in [-0.2, 0) is 16.5 Å². The Bertz CT molecular complexity index is 807. The van der Waals surface area contributed by atoms with Crippen molar-refractivity contribution >= 4 is 10.1 Å². The van der Waals surface area contributed by atoms with Gasteiger partial charge in [0.1, 0.15) is 16.4 Å². The Kier molecular flexibility index (Phi) is 11.1. The van der Waals surface area contributed by atoms with Gasteiger partial charge < -0.3 is 9.84 Å². The summed E-state index contributed by atoms with van der Waals surface area (Å²) in [4.78, 5) is -0.253. The van der Waals surface area contributed by atoms with Crippen LogP contribution in [0.4, 0.5) is 0 Å². The molecule has 0 fully saturated rings. The average Bonchev–Trinajstić information content (AvgIpc) is 2.60. The molecule has 0 spiro atoms. The quantitative estimate of drug-likeness (QED) is 0.362.